The molecule has 2 aliphatic rings. The Balaban J connectivity index is 1.31. The third kappa shape index (κ3) is 4.90. The highest BCUT2D eigenvalue weighted by molar-refractivity contribution is 5.78. The second-order valence-electron chi connectivity index (χ2n) is 7.91. The summed E-state index contributed by atoms with van der Waals surface area (Å²) in [7, 11) is 0. The Morgan fingerprint density at radius 2 is 1.82 bits per heavy atom. The molecule has 2 aromatic rings. The highest BCUT2D eigenvalue weighted by atomic mass is 16.1. The Bertz CT molecular complexity index is 760. The number of hydrogen-bond donors (Lipinski definition) is 2. The number of carbonyl (C=O) groups is 1. The van der Waals surface area contributed by atoms with Gasteiger partial charge in [0.05, 0.1) is 6.42 Å². The average Bonchev–Trinajstić information content (AvgIpc) is 3.27. The topological polar surface area (TPSA) is 57.3 Å². The largest absolute Gasteiger partial charge is 0.372 e. The fourth-order valence-electron chi connectivity index (χ4n) is 4.11. The number of aromatic nitrogens is 1. The van der Waals surface area contributed by atoms with Crippen LogP contribution >= 0.6 is 0 Å². The quantitative estimate of drug-likeness (QED) is 0.811. The van der Waals surface area contributed by atoms with Gasteiger partial charge in [-0.25, -0.2) is 0 Å². The minimum absolute atomic E-state index is 0.0415. The zero-order valence-electron chi connectivity index (χ0n) is 16.5. The summed E-state index contributed by atoms with van der Waals surface area (Å²) in [4.78, 5) is 19.1. The fraction of sp³-hybridized carbons (Fsp3) is 0.478. The highest BCUT2D eigenvalue weighted by Crippen LogP contribution is 2.25. The second-order valence-corrected chi connectivity index (χ2v) is 7.91. The van der Waals surface area contributed by atoms with E-state index in [4.69, 9.17) is 0 Å². The fourth-order valence-corrected chi connectivity index (χ4v) is 4.11. The van der Waals surface area contributed by atoms with Crippen LogP contribution in [0.2, 0.25) is 0 Å². The van der Waals surface area contributed by atoms with Gasteiger partial charge >= 0.3 is 0 Å². The summed E-state index contributed by atoms with van der Waals surface area (Å²) in [6, 6.07) is 13.2. The molecule has 5 heteroatoms. The van der Waals surface area contributed by atoms with E-state index in [-0.39, 0.29) is 5.91 Å². The maximum atomic E-state index is 12.1. The van der Waals surface area contributed by atoms with Crippen molar-refractivity contribution in [1.82, 2.24) is 15.6 Å². The van der Waals surface area contributed by atoms with Crippen LogP contribution < -0.4 is 15.5 Å². The summed E-state index contributed by atoms with van der Waals surface area (Å²) < 4.78 is 0. The highest BCUT2D eigenvalue weighted by Gasteiger charge is 2.15. The molecule has 1 aromatic heterocycles. The first-order valence-electron chi connectivity index (χ1n) is 10.6. The van der Waals surface area contributed by atoms with Gasteiger partial charge in [-0.1, -0.05) is 18.2 Å². The lowest BCUT2D eigenvalue weighted by Crippen LogP contribution is -2.37. The molecule has 5 nitrogen and oxygen atoms in total. The van der Waals surface area contributed by atoms with Crippen LogP contribution in [0.1, 0.15) is 37.8 Å². The molecule has 2 saturated heterocycles. The number of rotatable bonds is 6. The van der Waals surface area contributed by atoms with Gasteiger partial charge in [0.2, 0.25) is 5.91 Å². The van der Waals surface area contributed by atoms with Crippen LogP contribution in [0.15, 0.2) is 42.6 Å². The molecule has 2 N–H and O–H groups in total. The van der Waals surface area contributed by atoms with Crippen molar-refractivity contribution in [2.75, 3.05) is 31.1 Å². The molecule has 0 radical (unpaired) electrons. The molecule has 0 saturated carbocycles. The molecular formula is C23H30N4O. The summed E-state index contributed by atoms with van der Waals surface area (Å²) in [6.07, 6.45) is 8.47. The number of hydrogen-bond acceptors (Lipinski definition) is 4. The number of nitrogens with zero attached hydrogens (tertiary/aromatic N) is 2. The average molecular weight is 379 g/mol. The Hall–Kier alpha value is -2.40. The number of carbonyl (C=O) groups excluding carboxylic acids is 1. The van der Waals surface area contributed by atoms with Gasteiger partial charge < -0.3 is 15.5 Å². The zero-order chi connectivity index (χ0) is 19.2. The first-order valence-corrected chi connectivity index (χ1v) is 10.6. The van der Waals surface area contributed by atoms with E-state index in [1.165, 1.54) is 31.4 Å². The SMILES string of the molecule is O=C(Cc1ccc(-c2ccc(N3CCCCC3)cc2)cn1)NCC1CCCN1. The van der Waals surface area contributed by atoms with Crippen molar-refractivity contribution in [2.45, 2.75) is 44.6 Å². The van der Waals surface area contributed by atoms with E-state index in [9.17, 15) is 4.79 Å². The predicted octanol–water partition coefficient (Wildman–Crippen LogP) is 3.15. The van der Waals surface area contributed by atoms with E-state index >= 15 is 0 Å². The molecule has 1 atom stereocenters. The normalized spacial score (nSPS) is 19.6. The Morgan fingerprint density at radius 1 is 1.04 bits per heavy atom. The smallest absolute Gasteiger partial charge is 0.226 e. The van der Waals surface area contributed by atoms with Gasteiger partial charge in [0.25, 0.3) is 0 Å². The van der Waals surface area contributed by atoms with Gasteiger partial charge in [-0.15, -0.1) is 0 Å². The van der Waals surface area contributed by atoms with Gasteiger partial charge in [-0.3, -0.25) is 9.78 Å². The standard InChI is InChI=1S/C23H30N4O/c28-23(26-17-21-5-4-12-24-21)15-20-9-6-19(16-25-20)18-7-10-22(11-8-18)27-13-2-1-3-14-27/h6-11,16,21,24H,1-5,12-15,17H2,(H,26,28). The number of pyridine rings is 1. The van der Waals surface area contributed by atoms with Crippen LogP contribution in [-0.4, -0.2) is 43.1 Å². The zero-order valence-corrected chi connectivity index (χ0v) is 16.5. The number of amides is 1. The number of piperidine rings is 1. The molecular weight excluding hydrogens is 348 g/mol. The molecule has 0 spiro atoms. The molecule has 4 rings (SSSR count). The lowest BCUT2D eigenvalue weighted by Gasteiger charge is -2.28. The van der Waals surface area contributed by atoms with Gasteiger partial charge in [0, 0.05) is 48.8 Å². The molecule has 0 bridgehead atoms. The van der Waals surface area contributed by atoms with E-state index in [1.807, 2.05) is 12.3 Å². The number of nitrogens with one attached hydrogen (secondary N) is 2. The molecule has 1 aromatic carbocycles. The van der Waals surface area contributed by atoms with Crippen molar-refractivity contribution in [3.63, 3.8) is 0 Å². The summed E-state index contributed by atoms with van der Waals surface area (Å²) in [5.74, 6) is 0.0415. The minimum atomic E-state index is 0.0415. The van der Waals surface area contributed by atoms with E-state index in [1.54, 1.807) is 0 Å². The maximum absolute atomic E-state index is 12.1. The minimum Gasteiger partial charge on any atom is -0.372 e. The van der Waals surface area contributed by atoms with E-state index in [2.05, 4.69) is 50.8 Å². The Labute approximate surface area is 167 Å². The molecule has 1 amide bonds. The summed E-state index contributed by atoms with van der Waals surface area (Å²) in [5.41, 5.74) is 4.37. The van der Waals surface area contributed by atoms with Gasteiger partial charge in [-0.05, 0) is 62.4 Å². The van der Waals surface area contributed by atoms with Crippen molar-refractivity contribution in [3.8, 4) is 11.1 Å². The van der Waals surface area contributed by atoms with Crippen molar-refractivity contribution < 1.29 is 4.79 Å². The van der Waals surface area contributed by atoms with E-state index in [0.29, 0.717) is 19.0 Å². The van der Waals surface area contributed by atoms with Crippen LogP contribution in [0.25, 0.3) is 11.1 Å². The van der Waals surface area contributed by atoms with Crippen molar-refractivity contribution in [2.24, 2.45) is 0 Å². The predicted molar refractivity (Wildman–Crippen MR) is 113 cm³/mol. The van der Waals surface area contributed by atoms with Crippen LogP contribution in [0.3, 0.4) is 0 Å². The maximum Gasteiger partial charge on any atom is 0.226 e. The summed E-state index contributed by atoms with van der Waals surface area (Å²) in [5, 5.41) is 6.40. The van der Waals surface area contributed by atoms with E-state index < -0.39 is 0 Å². The molecule has 148 valence electrons. The Kier molecular flexibility index (Phi) is 6.22. The lowest BCUT2D eigenvalue weighted by atomic mass is 10.1. The summed E-state index contributed by atoms with van der Waals surface area (Å²) >= 11 is 0. The number of anilines is 1. The van der Waals surface area contributed by atoms with Gasteiger partial charge in [0.15, 0.2) is 0 Å². The monoisotopic (exact) mass is 378 g/mol. The van der Waals surface area contributed by atoms with Crippen LogP contribution in [0.4, 0.5) is 5.69 Å². The molecule has 28 heavy (non-hydrogen) atoms. The Morgan fingerprint density at radius 3 is 2.50 bits per heavy atom. The molecule has 0 aliphatic carbocycles. The second kappa shape index (κ2) is 9.20. The molecule has 1 unspecified atom stereocenters. The van der Waals surface area contributed by atoms with Crippen LogP contribution in [-0.2, 0) is 11.2 Å². The molecule has 2 aliphatic heterocycles. The van der Waals surface area contributed by atoms with E-state index in [0.717, 1.165) is 42.9 Å². The van der Waals surface area contributed by atoms with Crippen LogP contribution in [0, 0.1) is 0 Å². The molecule has 3 heterocycles. The van der Waals surface area contributed by atoms with Crippen molar-refractivity contribution in [1.29, 1.82) is 0 Å². The third-order valence-corrected chi connectivity index (χ3v) is 5.80. The molecule has 2 fully saturated rings. The number of benzene rings is 1. The summed E-state index contributed by atoms with van der Waals surface area (Å²) in [6.45, 7) is 4.09. The van der Waals surface area contributed by atoms with Crippen molar-refractivity contribution >= 4 is 11.6 Å². The first-order chi connectivity index (χ1) is 13.8. The van der Waals surface area contributed by atoms with Crippen molar-refractivity contribution in [3.05, 3.63) is 48.3 Å². The first kappa shape index (κ1) is 18.9. The van der Waals surface area contributed by atoms with Crippen LogP contribution in [0.5, 0.6) is 0 Å². The van der Waals surface area contributed by atoms with Gasteiger partial charge in [0.1, 0.15) is 0 Å². The lowest BCUT2D eigenvalue weighted by molar-refractivity contribution is -0.120. The third-order valence-electron chi connectivity index (χ3n) is 5.80. The van der Waals surface area contributed by atoms with Gasteiger partial charge in [-0.2, -0.15) is 0 Å².